The molecule has 0 radical (unpaired) electrons. The third kappa shape index (κ3) is 2.43. The summed E-state index contributed by atoms with van der Waals surface area (Å²) < 4.78 is 10.3. The van der Waals surface area contributed by atoms with Gasteiger partial charge in [-0.1, -0.05) is 27.7 Å². The summed E-state index contributed by atoms with van der Waals surface area (Å²) in [5.74, 6) is 1.14. The smallest absolute Gasteiger partial charge is 0.360 e. The number of carbonyl (C=O) groups is 1. The Morgan fingerprint density at radius 1 is 1.44 bits per heavy atom. The highest BCUT2D eigenvalue weighted by Gasteiger charge is 2.24. The van der Waals surface area contributed by atoms with Crippen molar-refractivity contribution in [2.45, 2.75) is 46.0 Å². The first-order chi connectivity index (χ1) is 7.51. The van der Waals surface area contributed by atoms with Gasteiger partial charge in [-0.25, -0.2) is 9.78 Å². The number of hydrogen-bond donors (Lipinski definition) is 0. The Kier molecular flexibility index (Phi) is 4.10. The number of carbonyl (C=O) groups excluding carboxylic acids is 1. The molecule has 4 nitrogen and oxygen atoms in total. The summed E-state index contributed by atoms with van der Waals surface area (Å²) >= 11 is 0. The standard InChI is InChI=1S/C12H19NO3/c1-6-8(4)11-13-9(12(14)15-5)10(16-11)7(2)3/h7-8H,6H2,1-5H3/t8-/m0/s1. The molecule has 1 aromatic heterocycles. The van der Waals surface area contributed by atoms with E-state index in [4.69, 9.17) is 9.15 Å². The number of nitrogens with zero attached hydrogens (tertiary/aromatic N) is 1. The number of oxazole rings is 1. The van der Waals surface area contributed by atoms with Gasteiger partial charge in [-0.05, 0) is 6.42 Å². The molecule has 16 heavy (non-hydrogen) atoms. The van der Waals surface area contributed by atoms with E-state index in [0.29, 0.717) is 17.3 Å². The summed E-state index contributed by atoms with van der Waals surface area (Å²) in [6.07, 6.45) is 0.929. The Balaban J connectivity index is 3.15. The van der Waals surface area contributed by atoms with E-state index in [9.17, 15) is 4.79 Å². The fourth-order valence-corrected chi connectivity index (χ4v) is 1.37. The predicted octanol–water partition coefficient (Wildman–Crippen LogP) is 3.10. The number of hydrogen-bond acceptors (Lipinski definition) is 4. The van der Waals surface area contributed by atoms with Crippen LogP contribution in [-0.2, 0) is 4.74 Å². The van der Waals surface area contributed by atoms with Crippen molar-refractivity contribution in [2.75, 3.05) is 7.11 Å². The van der Waals surface area contributed by atoms with Gasteiger partial charge in [-0.15, -0.1) is 0 Å². The Labute approximate surface area is 96.0 Å². The van der Waals surface area contributed by atoms with Crippen LogP contribution >= 0.6 is 0 Å². The molecule has 4 heteroatoms. The molecule has 0 aliphatic heterocycles. The fraction of sp³-hybridized carbons (Fsp3) is 0.667. The molecule has 1 aromatic rings. The van der Waals surface area contributed by atoms with E-state index in [2.05, 4.69) is 11.9 Å². The lowest BCUT2D eigenvalue weighted by molar-refractivity contribution is 0.0591. The monoisotopic (exact) mass is 225 g/mol. The second-order valence-corrected chi connectivity index (χ2v) is 4.22. The quantitative estimate of drug-likeness (QED) is 0.739. The molecule has 0 saturated carbocycles. The summed E-state index contributed by atoms with van der Waals surface area (Å²) in [5.41, 5.74) is 0.313. The molecule has 0 fully saturated rings. The van der Waals surface area contributed by atoms with Crippen LogP contribution in [0.25, 0.3) is 0 Å². The Morgan fingerprint density at radius 3 is 2.50 bits per heavy atom. The van der Waals surface area contributed by atoms with E-state index in [-0.39, 0.29) is 11.8 Å². The van der Waals surface area contributed by atoms with Crippen molar-refractivity contribution in [1.29, 1.82) is 0 Å². The maximum absolute atomic E-state index is 11.5. The molecule has 90 valence electrons. The van der Waals surface area contributed by atoms with E-state index in [1.807, 2.05) is 20.8 Å². The summed E-state index contributed by atoms with van der Waals surface area (Å²) in [6.45, 7) is 8.01. The highest BCUT2D eigenvalue weighted by atomic mass is 16.5. The second kappa shape index (κ2) is 5.14. The van der Waals surface area contributed by atoms with Crippen LogP contribution in [0.3, 0.4) is 0 Å². The molecule has 1 rings (SSSR count). The highest BCUT2D eigenvalue weighted by Crippen LogP contribution is 2.26. The molecular formula is C12H19NO3. The Bertz CT molecular complexity index is 368. The molecule has 1 atom stereocenters. The van der Waals surface area contributed by atoms with Gasteiger partial charge in [0.1, 0.15) is 5.76 Å². The van der Waals surface area contributed by atoms with E-state index in [0.717, 1.165) is 6.42 Å². The summed E-state index contributed by atoms with van der Waals surface area (Å²) in [5, 5.41) is 0. The van der Waals surface area contributed by atoms with Crippen LogP contribution in [0.15, 0.2) is 4.42 Å². The summed E-state index contributed by atoms with van der Waals surface area (Å²) in [6, 6.07) is 0. The first kappa shape index (κ1) is 12.7. The molecule has 0 bridgehead atoms. The minimum absolute atomic E-state index is 0.124. The van der Waals surface area contributed by atoms with Crippen LogP contribution in [0.2, 0.25) is 0 Å². The Morgan fingerprint density at radius 2 is 2.06 bits per heavy atom. The van der Waals surface area contributed by atoms with Crippen LogP contribution < -0.4 is 0 Å². The molecule has 0 unspecified atom stereocenters. The van der Waals surface area contributed by atoms with Gasteiger partial charge in [0.05, 0.1) is 7.11 Å². The zero-order chi connectivity index (χ0) is 12.3. The lowest BCUT2D eigenvalue weighted by atomic mass is 10.1. The van der Waals surface area contributed by atoms with Crippen molar-refractivity contribution in [3.05, 3.63) is 17.3 Å². The molecule has 0 spiro atoms. The van der Waals surface area contributed by atoms with Crippen LogP contribution in [0.5, 0.6) is 0 Å². The van der Waals surface area contributed by atoms with Crippen molar-refractivity contribution in [3.8, 4) is 0 Å². The van der Waals surface area contributed by atoms with Crippen molar-refractivity contribution in [3.63, 3.8) is 0 Å². The Hall–Kier alpha value is -1.32. The average molecular weight is 225 g/mol. The van der Waals surface area contributed by atoms with Gasteiger partial charge in [0.25, 0.3) is 0 Å². The van der Waals surface area contributed by atoms with Crippen molar-refractivity contribution >= 4 is 5.97 Å². The van der Waals surface area contributed by atoms with E-state index < -0.39 is 5.97 Å². The molecule has 0 aliphatic rings. The van der Waals surface area contributed by atoms with Crippen LogP contribution in [0.4, 0.5) is 0 Å². The van der Waals surface area contributed by atoms with E-state index in [1.165, 1.54) is 7.11 Å². The van der Waals surface area contributed by atoms with Crippen molar-refractivity contribution in [2.24, 2.45) is 0 Å². The molecule has 0 saturated heterocycles. The van der Waals surface area contributed by atoms with Gasteiger partial charge in [0.2, 0.25) is 0 Å². The number of rotatable bonds is 4. The first-order valence-electron chi connectivity index (χ1n) is 5.60. The molecule has 0 amide bonds. The highest BCUT2D eigenvalue weighted by molar-refractivity contribution is 5.88. The minimum Gasteiger partial charge on any atom is -0.464 e. The predicted molar refractivity (Wildman–Crippen MR) is 60.6 cm³/mol. The topological polar surface area (TPSA) is 52.3 Å². The zero-order valence-electron chi connectivity index (χ0n) is 10.5. The second-order valence-electron chi connectivity index (χ2n) is 4.22. The minimum atomic E-state index is -0.429. The molecule has 0 aliphatic carbocycles. The van der Waals surface area contributed by atoms with E-state index in [1.54, 1.807) is 0 Å². The number of methoxy groups -OCH3 is 1. The van der Waals surface area contributed by atoms with Crippen molar-refractivity contribution in [1.82, 2.24) is 4.98 Å². The lowest BCUT2D eigenvalue weighted by Gasteiger charge is -2.02. The van der Waals surface area contributed by atoms with Gasteiger partial charge in [0, 0.05) is 11.8 Å². The largest absolute Gasteiger partial charge is 0.464 e. The fourth-order valence-electron chi connectivity index (χ4n) is 1.37. The number of esters is 1. The lowest BCUT2D eigenvalue weighted by Crippen LogP contribution is -2.06. The third-order valence-electron chi connectivity index (χ3n) is 2.61. The first-order valence-corrected chi connectivity index (χ1v) is 5.60. The van der Waals surface area contributed by atoms with Gasteiger partial charge in [-0.3, -0.25) is 0 Å². The summed E-state index contributed by atoms with van der Waals surface area (Å²) in [7, 11) is 1.35. The molecule has 1 heterocycles. The summed E-state index contributed by atoms with van der Waals surface area (Å²) in [4.78, 5) is 15.8. The molecule has 0 aromatic carbocycles. The van der Waals surface area contributed by atoms with E-state index >= 15 is 0 Å². The molecular weight excluding hydrogens is 206 g/mol. The van der Waals surface area contributed by atoms with Gasteiger partial charge < -0.3 is 9.15 Å². The van der Waals surface area contributed by atoms with Crippen LogP contribution in [-0.4, -0.2) is 18.1 Å². The van der Waals surface area contributed by atoms with Crippen LogP contribution in [0.1, 0.15) is 68.1 Å². The number of aromatic nitrogens is 1. The zero-order valence-corrected chi connectivity index (χ0v) is 10.5. The third-order valence-corrected chi connectivity index (χ3v) is 2.61. The van der Waals surface area contributed by atoms with Gasteiger partial charge in [0.15, 0.2) is 11.6 Å². The van der Waals surface area contributed by atoms with Crippen molar-refractivity contribution < 1.29 is 13.9 Å². The molecule has 0 N–H and O–H groups in total. The average Bonchev–Trinajstić information content (AvgIpc) is 2.71. The normalized spacial score (nSPS) is 12.9. The van der Waals surface area contributed by atoms with Gasteiger partial charge in [-0.2, -0.15) is 0 Å². The van der Waals surface area contributed by atoms with Crippen LogP contribution in [0, 0.1) is 0 Å². The number of ether oxygens (including phenoxy) is 1. The van der Waals surface area contributed by atoms with Gasteiger partial charge >= 0.3 is 5.97 Å². The maximum atomic E-state index is 11.5. The maximum Gasteiger partial charge on any atom is 0.360 e. The SMILES string of the molecule is CC[C@H](C)c1nc(C(=O)OC)c(C(C)C)o1.